The Hall–Kier alpha value is -1.57. The average molecular weight is 307 g/mol. The van der Waals surface area contributed by atoms with Gasteiger partial charge in [-0.05, 0) is 24.6 Å². The number of aryl methyl sites for hydroxylation is 1. The minimum absolute atomic E-state index is 0.410. The number of rotatable bonds is 6. The summed E-state index contributed by atoms with van der Waals surface area (Å²) in [5.41, 5.74) is 1.03. The van der Waals surface area contributed by atoms with Gasteiger partial charge in [-0.3, -0.25) is 0 Å². The molecule has 20 heavy (non-hydrogen) atoms. The van der Waals surface area contributed by atoms with Gasteiger partial charge in [-0.2, -0.15) is 5.26 Å². The Balaban J connectivity index is 2.06. The zero-order chi connectivity index (χ0) is 14.4. The molecule has 0 saturated heterocycles. The second-order valence-corrected chi connectivity index (χ2v) is 5.91. The van der Waals surface area contributed by atoms with Crippen molar-refractivity contribution in [2.45, 2.75) is 32.8 Å². The van der Waals surface area contributed by atoms with E-state index < -0.39 is 0 Å². The van der Waals surface area contributed by atoms with E-state index in [2.05, 4.69) is 18.0 Å². The van der Waals surface area contributed by atoms with Crippen LogP contribution in [0, 0.1) is 11.3 Å². The number of hydrogen-bond donors (Lipinski definition) is 0. The van der Waals surface area contributed by atoms with Crippen LogP contribution in [0.4, 0.5) is 0 Å². The fourth-order valence-electron chi connectivity index (χ4n) is 1.84. The molecule has 0 unspecified atom stereocenters. The first-order chi connectivity index (χ1) is 9.72. The maximum Gasteiger partial charge on any atom is 0.140 e. The van der Waals surface area contributed by atoms with Crippen molar-refractivity contribution in [2.75, 3.05) is 0 Å². The smallest absolute Gasteiger partial charge is 0.140 e. The minimum atomic E-state index is 0.410. The normalized spacial score (nSPS) is 10.2. The average Bonchev–Trinajstić information content (AvgIpc) is 2.80. The fourth-order valence-corrected chi connectivity index (χ4v) is 2.98. The molecule has 0 radical (unpaired) electrons. The lowest BCUT2D eigenvalue weighted by Gasteiger charge is -2.03. The molecule has 2 aromatic rings. The van der Waals surface area contributed by atoms with Gasteiger partial charge in [0, 0.05) is 9.90 Å². The van der Waals surface area contributed by atoms with Crippen molar-refractivity contribution in [3.05, 3.63) is 44.9 Å². The van der Waals surface area contributed by atoms with Crippen molar-refractivity contribution < 1.29 is 4.74 Å². The molecule has 0 saturated carbocycles. The predicted molar refractivity (Wildman–Crippen MR) is 81.2 cm³/mol. The van der Waals surface area contributed by atoms with Gasteiger partial charge in [0.2, 0.25) is 0 Å². The lowest BCUT2D eigenvalue weighted by atomic mass is 10.2. The summed E-state index contributed by atoms with van der Waals surface area (Å²) < 4.78 is 5.68. The van der Waals surface area contributed by atoms with Gasteiger partial charge in [0.15, 0.2) is 0 Å². The van der Waals surface area contributed by atoms with Crippen molar-refractivity contribution in [3.63, 3.8) is 0 Å². The highest BCUT2D eigenvalue weighted by Gasteiger charge is 2.10. The van der Waals surface area contributed by atoms with Gasteiger partial charge in [0.05, 0.1) is 18.2 Å². The molecule has 0 aliphatic heterocycles. The molecule has 1 aromatic carbocycles. The summed E-state index contributed by atoms with van der Waals surface area (Å²) in [6.45, 7) is 2.52. The molecule has 0 aliphatic carbocycles. The van der Waals surface area contributed by atoms with E-state index in [-0.39, 0.29) is 0 Å². The first kappa shape index (κ1) is 14.8. The van der Waals surface area contributed by atoms with Gasteiger partial charge in [-0.1, -0.05) is 31.0 Å². The third-order valence-electron chi connectivity index (χ3n) is 2.71. The van der Waals surface area contributed by atoms with Crippen LogP contribution < -0.4 is 4.74 Å². The van der Waals surface area contributed by atoms with Crippen molar-refractivity contribution in [3.8, 4) is 11.8 Å². The van der Waals surface area contributed by atoms with Crippen LogP contribution in [-0.4, -0.2) is 4.98 Å². The van der Waals surface area contributed by atoms with Crippen molar-refractivity contribution in [2.24, 2.45) is 0 Å². The van der Waals surface area contributed by atoms with E-state index >= 15 is 0 Å². The molecule has 0 N–H and O–H groups in total. The molecule has 104 valence electrons. The Labute approximate surface area is 127 Å². The molecule has 0 amide bonds. The number of aromatic nitrogens is 1. The molecular formula is C15H15ClN2OS. The Bertz CT molecular complexity index is 619. The lowest BCUT2D eigenvalue weighted by molar-refractivity contribution is 0.305. The zero-order valence-electron chi connectivity index (χ0n) is 11.2. The first-order valence-corrected chi connectivity index (χ1v) is 7.65. The highest BCUT2D eigenvalue weighted by molar-refractivity contribution is 7.11. The maximum absolute atomic E-state index is 8.84. The number of nitriles is 1. The van der Waals surface area contributed by atoms with E-state index in [4.69, 9.17) is 21.6 Å². The number of thiazole rings is 1. The van der Waals surface area contributed by atoms with Crippen LogP contribution in [0.2, 0.25) is 5.02 Å². The largest absolute Gasteiger partial charge is 0.486 e. The molecule has 0 aliphatic rings. The van der Waals surface area contributed by atoms with Crippen molar-refractivity contribution >= 4 is 22.9 Å². The van der Waals surface area contributed by atoms with Crippen molar-refractivity contribution in [1.82, 2.24) is 4.98 Å². The van der Waals surface area contributed by atoms with Crippen LogP contribution >= 0.6 is 22.9 Å². The summed E-state index contributed by atoms with van der Waals surface area (Å²) in [4.78, 5) is 5.62. The molecule has 0 bridgehead atoms. The molecule has 0 fully saturated rings. The van der Waals surface area contributed by atoms with E-state index in [1.807, 2.05) is 18.2 Å². The Kier molecular flexibility index (Phi) is 5.40. The third-order valence-corrected chi connectivity index (χ3v) is 4.01. The first-order valence-electron chi connectivity index (χ1n) is 6.45. The van der Waals surface area contributed by atoms with E-state index in [9.17, 15) is 0 Å². The summed E-state index contributed by atoms with van der Waals surface area (Å²) in [6, 6.07) is 9.49. The van der Waals surface area contributed by atoms with E-state index in [0.717, 1.165) is 34.2 Å². The van der Waals surface area contributed by atoms with Crippen molar-refractivity contribution in [1.29, 1.82) is 5.26 Å². The summed E-state index contributed by atoms with van der Waals surface area (Å²) in [7, 11) is 0. The number of halogens is 1. The molecule has 0 atom stereocenters. The number of hydrogen-bond acceptors (Lipinski definition) is 4. The van der Waals surface area contributed by atoms with Gasteiger partial charge in [-0.25, -0.2) is 4.98 Å². The van der Waals surface area contributed by atoms with Crippen LogP contribution in [0.15, 0.2) is 24.3 Å². The Morgan fingerprint density at radius 3 is 3.00 bits per heavy atom. The second-order valence-electron chi connectivity index (χ2n) is 4.31. The zero-order valence-corrected chi connectivity index (χ0v) is 12.8. The summed E-state index contributed by atoms with van der Waals surface area (Å²) in [5.74, 6) is 0.728. The standard InChI is InChI=1S/C15H15ClN2OS/c1-2-4-13-14(7-8-17)20-15(18-13)10-19-12-6-3-5-11(16)9-12/h3,5-6,9H,2,4,7,10H2,1H3. The molecular weight excluding hydrogens is 292 g/mol. The van der Waals surface area contributed by atoms with Gasteiger partial charge in [-0.15, -0.1) is 11.3 Å². The molecule has 1 aromatic heterocycles. The molecule has 3 nitrogen and oxygen atoms in total. The summed E-state index contributed by atoms with van der Waals surface area (Å²) >= 11 is 7.47. The number of ether oxygens (including phenoxy) is 1. The fraction of sp³-hybridized carbons (Fsp3) is 0.333. The lowest BCUT2D eigenvalue weighted by Crippen LogP contribution is -1.95. The van der Waals surface area contributed by atoms with Gasteiger partial charge >= 0.3 is 0 Å². The summed E-state index contributed by atoms with van der Waals surface area (Å²) in [6.07, 6.45) is 2.35. The molecule has 5 heteroatoms. The number of nitrogens with zero attached hydrogens (tertiary/aromatic N) is 2. The monoisotopic (exact) mass is 306 g/mol. The molecule has 2 rings (SSSR count). The van der Waals surface area contributed by atoms with Crippen LogP contribution in [0.3, 0.4) is 0 Å². The van der Waals surface area contributed by atoms with Crippen LogP contribution in [0.25, 0.3) is 0 Å². The van der Waals surface area contributed by atoms with E-state index in [0.29, 0.717) is 18.1 Å². The predicted octanol–water partition coefficient (Wildman–Crippen LogP) is 4.39. The third kappa shape index (κ3) is 3.96. The maximum atomic E-state index is 8.84. The van der Waals surface area contributed by atoms with Gasteiger partial charge in [0.1, 0.15) is 17.4 Å². The second kappa shape index (κ2) is 7.28. The highest BCUT2D eigenvalue weighted by atomic mass is 35.5. The molecule has 1 heterocycles. The number of benzene rings is 1. The Morgan fingerprint density at radius 2 is 2.30 bits per heavy atom. The van der Waals surface area contributed by atoms with E-state index in [1.54, 1.807) is 17.4 Å². The van der Waals surface area contributed by atoms with Crippen LogP contribution in [-0.2, 0) is 19.4 Å². The van der Waals surface area contributed by atoms with Crippen LogP contribution in [0.5, 0.6) is 5.75 Å². The summed E-state index contributed by atoms with van der Waals surface area (Å²) in [5, 5.41) is 10.4. The van der Waals surface area contributed by atoms with Gasteiger partial charge in [0.25, 0.3) is 0 Å². The quantitative estimate of drug-likeness (QED) is 0.795. The Morgan fingerprint density at radius 1 is 1.45 bits per heavy atom. The SMILES string of the molecule is CCCc1nc(COc2cccc(Cl)c2)sc1CC#N. The topological polar surface area (TPSA) is 45.9 Å². The molecule has 0 spiro atoms. The highest BCUT2D eigenvalue weighted by Crippen LogP contribution is 2.23. The van der Waals surface area contributed by atoms with Gasteiger partial charge < -0.3 is 4.74 Å². The van der Waals surface area contributed by atoms with Crippen LogP contribution in [0.1, 0.15) is 28.9 Å². The minimum Gasteiger partial charge on any atom is -0.486 e. The van der Waals surface area contributed by atoms with E-state index in [1.165, 1.54) is 0 Å².